The predicted molar refractivity (Wildman–Crippen MR) is 106 cm³/mol. The summed E-state index contributed by atoms with van der Waals surface area (Å²) in [5, 5.41) is 0. The third kappa shape index (κ3) is 3.95. The summed E-state index contributed by atoms with van der Waals surface area (Å²) in [6.07, 6.45) is 2.44. The van der Waals surface area contributed by atoms with E-state index < -0.39 is 10.0 Å². The monoisotopic (exact) mass is 402 g/mol. The van der Waals surface area contributed by atoms with Gasteiger partial charge in [0.05, 0.1) is 6.26 Å². The summed E-state index contributed by atoms with van der Waals surface area (Å²) in [5.41, 5.74) is 2.25. The second-order valence-electron chi connectivity index (χ2n) is 7.68. The van der Waals surface area contributed by atoms with Gasteiger partial charge in [-0.05, 0) is 36.0 Å². The van der Waals surface area contributed by atoms with Gasteiger partial charge in [-0.2, -0.15) is 0 Å². The second-order valence-corrected chi connectivity index (χ2v) is 9.46. The van der Waals surface area contributed by atoms with Crippen LogP contribution in [0.4, 0.5) is 4.39 Å². The zero-order chi connectivity index (χ0) is 19.9. The lowest BCUT2D eigenvalue weighted by atomic mass is 9.95. The van der Waals surface area contributed by atoms with Crippen molar-refractivity contribution in [3.63, 3.8) is 0 Å². The van der Waals surface area contributed by atoms with Gasteiger partial charge in [0.25, 0.3) is 0 Å². The smallest absolute Gasteiger partial charge is 0.226 e. The van der Waals surface area contributed by atoms with Crippen molar-refractivity contribution in [3.8, 4) is 11.1 Å². The molecule has 0 aromatic heterocycles. The number of amides is 1. The maximum absolute atomic E-state index is 14.6. The molecule has 1 amide bonds. The maximum Gasteiger partial charge on any atom is 0.226 e. The molecule has 1 aliphatic heterocycles. The van der Waals surface area contributed by atoms with Crippen LogP contribution in [-0.2, 0) is 14.8 Å². The summed E-state index contributed by atoms with van der Waals surface area (Å²) in [7, 11) is -3.29. The molecule has 28 heavy (non-hydrogen) atoms. The Kier molecular flexibility index (Phi) is 4.97. The molecule has 2 aromatic rings. The van der Waals surface area contributed by atoms with Crippen molar-refractivity contribution in [3.05, 3.63) is 59.9 Å². The summed E-state index contributed by atoms with van der Waals surface area (Å²) >= 11 is 0. The zero-order valence-electron chi connectivity index (χ0n) is 15.6. The predicted octanol–water partition coefficient (Wildman–Crippen LogP) is 2.75. The van der Waals surface area contributed by atoms with Crippen molar-refractivity contribution >= 4 is 15.9 Å². The van der Waals surface area contributed by atoms with E-state index in [9.17, 15) is 17.6 Å². The minimum Gasteiger partial charge on any atom is -0.341 e. The van der Waals surface area contributed by atoms with Crippen LogP contribution in [0.5, 0.6) is 0 Å². The fourth-order valence-electron chi connectivity index (χ4n) is 4.16. The van der Waals surface area contributed by atoms with Crippen LogP contribution in [0, 0.1) is 11.7 Å². The highest BCUT2D eigenvalue weighted by atomic mass is 32.2. The largest absolute Gasteiger partial charge is 0.341 e. The number of hydrogen-bond acceptors (Lipinski definition) is 3. The van der Waals surface area contributed by atoms with Gasteiger partial charge in [-0.25, -0.2) is 17.5 Å². The van der Waals surface area contributed by atoms with Crippen molar-refractivity contribution in [1.82, 2.24) is 9.62 Å². The van der Waals surface area contributed by atoms with Gasteiger partial charge in [0.1, 0.15) is 5.82 Å². The van der Waals surface area contributed by atoms with Gasteiger partial charge in [-0.3, -0.25) is 4.79 Å². The number of sulfonamides is 1. The first-order valence-corrected chi connectivity index (χ1v) is 11.3. The Morgan fingerprint density at radius 2 is 1.89 bits per heavy atom. The van der Waals surface area contributed by atoms with Crippen molar-refractivity contribution < 1.29 is 17.6 Å². The van der Waals surface area contributed by atoms with Gasteiger partial charge in [0.15, 0.2) is 0 Å². The second kappa shape index (κ2) is 7.29. The number of halogens is 1. The van der Waals surface area contributed by atoms with E-state index in [1.165, 1.54) is 6.07 Å². The number of carbonyl (C=O) groups is 1. The van der Waals surface area contributed by atoms with Gasteiger partial charge in [-0.1, -0.05) is 42.5 Å². The summed E-state index contributed by atoms with van der Waals surface area (Å²) in [6.45, 7) is 0.938. The number of nitrogens with one attached hydrogen (secondary N) is 1. The molecule has 4 rings (SSSR count). The van der Waals surface area contributed by atoms with E-state index in [0.717, 1.165) is 17.4 Å². The Morgan fingerprint density at radius 3 is 2.61 bits per heavy atom. The molecular weight excluding hydrogens is 379 g/mol. The third-order valence-electron chi connectivity index (χ3n) is 5.50. The highest BCUT2D eigenvalue weighted by Crippen LogP contribution is 2.51. The molecule has 5 nitrogen and oxygen atoms in total. The van der Waals surface area contributed by atoms with E-state index in [-0.39, 0.29) is 29.6 Å². The van der Waals surface area contributed by atoms with Crippen molar-refractivity contribution in [1.29, 1.82) is 0 Å². The lowest BCUT2D eigenvalue weighted by Gasteiger charge is -2.17. The SMILES string of the molecule is CS(=O)(=O)N[C@H]1CCN(C(=O)[C@@H]2C[C@H]2c2cccc(F)c2-c2ccccc2)C1. The lowest BCUT2D eigenvalue weighted by Crippen LogP contribution is -2.38. The van der Waals surface area contributed by atoms with Crippen LogP contribution in [-0.4, -0.2) is 44.6 Å². The standard InChI is InChI=1S/C21H23FN2O3S/c1-28(26,27)23-15-10-11-24(13-15)21(25)18-12-17(18)16-8-5-9-19(22)20(16)14-6-3-2-4-7-14/h2-9,15,17-18,23H,10-13H2,1H3/t15-,17-,18+/m0/s1. The first-order chi connectivity index (χ1) is 13.3. The minimum absolute atomic E-state index is 0.000299. The van der Waals surface area contributed by atoms with Crippen LogP contribution >= 0.6 is 0 Å². The number of hydrogen-bond donors (Lipinski definition) is 1. The molecule has 2 fully saturated rings. The van der Waals surface area contributed by atoms with Gasteiger partial charge in [0, 0.05) is 30.6 Å². The highest BCUT2D eigenvalue weighted by Gasteiger charge is 2.48. The van der Waals surface area contributed by atoms with Crippen LogP contribution in [0.25, 0.3) is 11.1 Å². The van der Waals surface area contributed by atoms with Gasteiger partial charge < -0.3 is 4.90 Å². The molecule has 0 spiro atoms. The number of likely N-dealkylation sites (tertiary alicyclic amines) is 1. The van der Waals surface area contributed by atoms with E-state index in [4.69, 9.17) is 0 Å². The normalized spacial score (nSPS) is 24.4. The molecule has 2 aliphatic rings. The van der Waals surface area contributed by atoms with Crippen LogP contribution < -0.4 is 4.72 Å². The molecule has 0 radical (unpaired) electrons. The average molecular weight is 402 g/mol. The summed E-state index contributed by atoms with van der Waals surface area (Å²) < 4.78 is 40.0. The first kappa shape index (κ1) is 19.1. The Hall–Kier alpha value is -2.25. The van der Waals surface area contributed by atoms with Gasteiger partial charge in [0.2, 0.25) is 15.9 Å². The van der Waals surface area contributed by atoms with E-state index in [1.807, 2.05) is 36.4 Å². The van der Waals surface area contributed by atoms with Gasteiger partial charge >= 0.3 is 0 Å². The molecule has 1 aliphatic carbocycles. The Morgan fingerprint density at radius 1 is 1.14 bits per heavy atom. The summed E-state index contributed by atoms with van der Waals surface area (Å²) in [6, 6.07) is 14.2. The number of nitrogens with zero attached hydrogens (tertiary/aromatic N) is 1. The van der Waals surface area contributed by atoms with Crippen LogP contribution in [0.2, 0.25) is 0 Å². The number of carbonyl (C=O) groups excluding carboxylic acids is 1. The molecule has 7 heteroatoms. The Labute approximate surface area is 164 Å². The lowest BCUT2D eigenvalue weighted by molar-refractivity contribution is -0.131. The van der Waals surface area contributed by atoms with E-state index in [2.05, 4.69) is 4.72 Å². The molecule has 3 atom stereocenters. The number of rotatable bonds is 5. The summed E-state index contributed by atoms with van der Waals surface area (Å²) in [4.78, 5) is 14.6. The quantitative estimate of drug-likeness (QED) is 0.836. The minimum atomic E-state index is -3.29. The third-order valence-corrected chi connectivity index (χ3v) is 6.26. The van der Waals surface area contributed by atoms with E-state index in [1.54, 1.807) is 11.0 Å². The topological polar surface area (TPSA) is 66.5 Å². The Bertz CT molecular complexity index is 994. The van der Waals surface area contributed by atoms with E-state index in [0.29, 0.717) is 31.5 Å². The fraction of sp³-hybridized carbons (Fsp3) is 0.381. The Balaban J connectivity index is 1.50. The van der Waals surface area contributed by atoms with Gasteiger partial charge in [-0.15, -0.1) is 0 Å². The molecule has 1 heterocycles. The number of benzene rings is 2. The van der Waals surface area contributed by atoms with Crippen LogP contribution in [0.15, 0.2) is 48.5 Å². The molecule has 0 bridgehead atoms. The molecule has 1 N–H and O–H groups in total. The molecule has 1 saturated carbocycles. The van der Waals surface area contributed by atoms with Crippen molar-refractivity contribution in [2.45, 2.75) is 24.8 Å². The highest BCUT2D eigenvalue weighted by molar-refractivity contribution is 7.88. The van der Waals surface area contributed by atoms with Crippen molar-refractivity contribution in [2.24, 2.45) is 5.92 Å². The maximum atomic E-state index is 14.6. The molecule has 148 valence electrons. The first-order valence-electron chi connectivity index (χ1n) is 9.43. The van der Waals surface area contributed by atoms with Crippen LogP contribution in [0.3, 0.4) is 0 Å². The van der Waals surface area contributed by atoms with Crippen molar-refractivity contribution in [2.75, 3.05) is 19.3 Å². The average Bonchev–Trinajstić information content (AvgIpc) is 3.32. The van der Waals surface area contributed by atoms with Crippen LogP contribution in [0.1, 0.15) is 24.3 Å². The molecule has 1 saturated heterocycles. The molecular formula is C21H23FN2O3S. The molecule has 2 aromatic carbocycles. The fourth-order valence-corrected chi connectivity index (χ4v) is 4.96. The molecule has 0 unspecified atom stereocenters. The summed E-state index contributed by atoms with van der Waals surface area (Å²) in [5.74, 6) is -0.409. The zero-order valence-corrected chi connectivity index (χ0v) is 16.5. The van der Waals surface area contributed by atoms with E-state index >= 15 is 0 Å².